The van der Waals surface area contributed by atoms with Crippen molar-refractivity contribution in [2.24, 2.45) is 0 Å². The summed E-state index contributed by atoms with van der Waals surface area (Å²) in [5.41, 5.74) is 5.57. The van der Waals surface area contributed by atoms with Crippen LogP contribution in [0.4, 0.5) is 0 Å². The Morgan fingerprint density at radius 1 is 1.07 bits per heavy atom. The van der Waals surface area contributed by atoms with E-state index in [0.717, 1.165) is 38.2 Å². The van der Waals surface area contributed by atoms with Crippen LogP contribution in [0.2, 0.25) is 0 Å². The molecule has 3 rings (SSSR count). The first-order valence-corrected chi connectivity index (χ1v) is 10.5. The number of unbranched alkanes of at least 4 members (excludes halogenated alkanes) is 1. The Kier molecular flexibility index (Phi) is 7.53. The molecule has 1 atom stereocenters. The highest BCUT2D eigenvalue weighted by atomic mass is 16.5. The number of aryl methyl sites for hydroxylation is 2. The zero-order chi connectivity index (χ0) is 18.9. The van der Waals surface area contributed by atoms with Gasteiger partial charge in [0.25, 0.3) is 0 Å². The summed E-state index contributed by atoms with van der Waals surface area (Å²) in [6.07, 6.45) is 9.45. The number of hydrogen-bond donors (Lipinski definition) is 1. The molecule has 0 amide bonds. The Labute approximate surface area is 164 Å². The summed E-state index contributed by atoms with van der Waals surface area (Å²) >= 11 is 0. The van der Waals surface area contributed by atoms with Crippen LogP contribution >= 0.6 is 0 Å². The summed E-state index contributed by atoms with van der Waals surface area (Å²) < 4.78 is 5.99. The van der Waals surface area contributed by atoms with Crippen LogP contribution in [0.1, 0.15) is 55.7 Å². The molecular weight excluding hydrogens is 330 g/mol. The lowest BCUT2D eigenvalue weighted by molar-refractivity contribution is 0.311. The molecular formula is C25H33NO. The largest absolute Gasteiger partial charge is 0.494 e. The van der Waals surface area contributed by atoms with Crippen LogP contribution in [0.15, 0.2) is 54.6 Å². The van der Waals surface area contributed by atoms with Gasteiger partial charge in [0, 0.05) is 12.6 Å². The van der Waals surface area contributed by atoms with Crippen LogP contribution < -0.4 is 10.1 Å². The van der Waals surface area contributed by atoms with E-state index in [1.165, 1.54) is 41.5 Å². The molecule has 2 aromatic carbocycles. The fraction of sp³-hybridized carbons (Fsp3) is 0.440. The molecule has 1 N–H and O–H groups in total. The molecule has 0 radical (unpaired) electrons. The Morgan fingerprint density at radius 3 is 2.70 bits per heavy atom. The van der Waals surface area contributed by atoms with E-state index < -0.39 is 0 Å². The SMILES string of the molecule is CCCCC1CC(c2ccc(OCCCc3ccccc3)cc2C)=CCN1. The van der Waals surface area contributed by atoms with Crippen LogP contribution in [0.25, 0.3) is 5.57 Å². The Balaban J connectivity index is 1.52. The number of benzene rings is 2. The van der Waals surface area contributed by atoms with Gasteiger partial charge in [-0.1, -0.05) is 62.2 Å². The first kappa shape index (κ1) is 19.7. The minimum absolute atomic E-state index is 0.623. The van der Waals surface area contributed by atoms with Crippen LogP contribution in [-0.2, 0) is 6.42 Å². The van der Waals surface area contributed by atoms with E-state index in [1.807, 2.05) is 0 Å². The molecule has 1 aliphatic rings. The van der Waals surface area contributed by atoms with Gasteiger partial charge in [-0.05, 0) is 67.0 Å². The van der Waals surface area contributed by atoms with E-state index in [2.05, 4.69) is 73.8 Å². The van der Waals surface area contributed by atoms with Crippen molar-refractivity contribution in [1.29, 1.82) is 0 Å². The Hall–Kier alpha value is -2.06. The molecule has 0 spiro atoms. The molecule has 2 heteroatoms. The molecule has 0 aromatic heterocycles. The van der Waals surface area contributed by atoms with Gasteiger partial charge in [0.2, 0.25) is 0 Å². The Morgan fingerprint density at radius 2 is 1.93 bits per heavy atom. The normalized spacial score (nSPS) is 16.8. The third kappa shape index (κ3) is 5.97. The van der Waals surface area contributed by atoms with E-state index in [-0.39, 0.29) is 0 Å². The second-order valence-corrected chi connectivity index (χ2v) is 7.60. The standard InChI is InChI=1S/C25H33NO/c1-3-4-12-23-19-22(15-16-26-23)25-14-13-24(18-20(25)2)27-17-8-11-21-9-6-5-7-10-21/h5-7,9-10,13-15,18,23,26H,3-4,8,11-12,16-17,19H2,1-2H3. The summed E-state index contributed by atoms with van der Waals surface area (Å²) in [4.78, 5) is 0. The second kappa shape index (κ2) is 10.3. The zero-order valence-corrected chi connectivity index (χ0v) is 16.8. The molecule has 0 saturated heterocycles. The zero-order valence-electron chi connectivity index (χ0n) is 16.8. The monoisotopic (exact) mass is 363 g/mol. The predicted molar refractivity (Wildman–Crippen MR) is 115 cm³/mol. The molecule has 0 aliphatic carbocycles. The van der Waals surface area contributed by atoms with Crippen molar-refractivity contribution in [3.05, 3.63) is 71.3 Å². The smallest absolute Gasteiger partial charge is 0.119 e. The number of hydrogen-bond acceptors (Lipinski definition) is 2. The first-order chi connectivity index (χ1) is 13.3. The van der Waals surface area contributed by atoms with E-state index in [0.29, 0.717) is 6.04 Å². The van der Waals surface area contributed by atoms with Gasteiger partial charge in [0.05, 0.1) is 6.61 Å². The average molecular weight is 364 g/mol. The quantitative estimate of drug-likeness (QED) is 0.557. The molecule has 1 heterocycles. The summed E-state index contributed by atoms with van der Waals surface area (Å²) in [5.74, 6) is 0.987. The lowest BCUT2D eigenvalue weighted by Crippen LogP contribution is -2.32. The molecule has 1 aliphatic heterocycles. The molecule has 0 fully saturated rings. The van der Waals surface area contributed by atoms with E-state index in [4.69, 9.17) is 4.74 Å². The maximum absolute atomic E-state index is 5.99. The van der Waals surface area contributed by atoms with Crippen molar-refractivity contribution in [3.8, 4) is 5.75 Å². The van der Waals surface area contributed by atoms with Gasteiger partial charge < -0.3 is 10.1 Å². The minimum Gasteiger partial charge on any atom is -0.494 e. The van der Waals surface area contributed by atoms with Crippen molar-refractivity contribution < 1.29 is 4.74 Å². The van der Waals surface area contributed by atoms with Gasteiger partial charge in [-0.3, -0.25) is 0 Å². The molecule has 1 unspecified atom stereocenters. The summed E-state index contributed by atoms with van der Waals surface area (Å²) in [7, 11) is 0. The summed E-state index contributed by atoms with van der Waals surface area (Å²) in [5, 5.41) is 3.63. The third-order valence-electron chi connectivity index (χ3n) is 5.39. The van der Waals surface area contributed by atoms with Crippen LogP contribution in [0.5, 0.6) is 5.75 Å². The van der Waals surface area contributed by atoms with Crippen molar-refractivity contribution >= 4 is 5.57 Å². The molecule has 0 saturated carbocycles. The van der Waals surface area contributed by atoms with Gasteiger partial charge in [-0.2, -0.15) is 0 Å². The van der Waals surface area contributed by atoms with Crippen molar-refractivity contribution in [2.45, 2.75) is 58.4 Å². The van der Waals surface area contributed by atoms with Crippen LogP contribution in [0, 0.1) is 6.92 Å². The van der Waals surface area contributed by atoms with Gasteiger partial charge in [0.1, 0.15) is 5.75 Å². The van der Waals surface area contributed by atoms with E-state index in [9.17, 15) is 0 Å². The van der Waals surface area contributed by atoms with Gasteiger partial charge in [0.15, 0.2) is 0 Å². The molecule has 144 valence electrons. The van der Waals surface area contributed by atoms with Crippen molar-refractivity contribution in [2.75, 3.05) is 13.2 Å². The van der Waals surface area contributed by atoms with Crippen molar-refractivity contribution in [3.63, 3.8) is 0 Å². The van der Waals surface area contributed by atoms with Gasteiger partial charge in [-0.25, -0.2) is 0 Å². The van der Waals surface area contributed by atoms with Crippen molar-refractivity contribution in [1.82, 2.24) is 5.32 Å². The fourth-order valence-corrected chi connectivity index (χ4v) is 3.84. The Bertz CT molecular complexity index is 735. The summed E-state index contributed by atoms with van der Waals surface area (Å²) in [6.45, 7) is 6.22. The predicted octanol–water partition coefficient (Wildman–Crippen LogP) is 5.94. The summed E-state index contributed by atoms with van der Waals surface area (Å²) in [6, 6.07) is 17.8. The van der Waals surface area contributed by atoms with E-state index in [1.54, 1.807) is 0 Å². The van der Waals surface area contributed by atoms with Crippen LogP contribution in [-0.4, -0.2) is 19.2 Å². The topological polar surface area (TPSA) is 21.3 Å². The molecule has 0 bridgehead atoms. The highest BCUT2D eigenvalue weighted by Gasteiger charge is 2.16. The number of ether oxygens (including phenoxy) is 1. The molecule has 27 heavy (non-hydrogen) atoms. The number of rotatable bonds is 9. The average Bonchev–Trinajstić information content (AvgIpc) is 2.71. The fourth-order valence-electron chi connectivity index (χ4n) is 3.84. The van der Waals surface area contributed by atoms with Crippen LogP contribution in [0.3, 0.4) is 0 Å². The highest BCUT2D eigenvalue weighted by Crippen LogP contribution is 2.29. The molecule has 2 nitrogen and oxygen atoms in total. The maximum Gasteiger partial charge on any atom is 0.119 e. The van der Waals surface area contributed by atoms with Gasteiger partial charge >= 0.3 is 0 Å². The molecule has 2 aromatic rings. The van der Waals surface area contributed by atoms with E-state index >= 15 is 0 Å². The lowest BCUT2D eigenvalue weighted by Gasteiger charge is -2.25. The first-order valence-electron chi connectivity index (χ1n) is 10.5. The third-order valence-corrected chi connectivity index (χ3v) is 5.39. The minimum atomic E-state index is 0.623. The second-order valence-electron chi connectivity index (χ2n) is 7.60. The van der Waals surface area contributed by atoms with Gasteiger partial charge in [-0.15, -0.1) is 0 Å². The highest BCUT2D eigenvalue weighted by molar-refractivity contribution is 5.70. The maximum atomic E-state index is 5.99. The lowest BCUT2D eigenvalue weighted by atomic mass is 9.90. The number of nitrogens with one attached hydrogen (secondary N) is 1.